The van der Waals surface area contributed by atoms with Crippen molar-refractivity contribution in [3.63, 3.8) is 0 Å². The van der Waals surface area contributed by atoms with Crippen LogP contribution in [0.1, 0.15) is 46.0 Å². The van der Waals surface area contributed by atoms with E-state index in [0.29, 0.717) is 11.8 Å². The average Bonchev–Trinajstić information content (AvgIpc) is 2.17. The van der Waals surface area contributed by atoms with Gasteiger partial charge in [0.1, 0.15) is 0 Å². The first kappa shape index (κ1) is 13.2. The van der Waals surface area contributed by atoms with E-state index in [0.717, 1.165) is 32.4 Å². The fourth-order valence-electron chi connectivity index (χ4n) is 3.53. The average molecular weight is 247 g/mol. The Hall–Kier alpha value is -0.220. The summed E-state index contributed by atoms with van der Waals surface area (Å²) in [6, 6.07) is 0.267. The summed E-state index contributed by atoms with van der Waals surface area (Å²) in [5.74, 6) is 0. The van der Waals surface area contributed by atoms with Crippen LogP contribution in [0.4, 0.5) is 8.78 Å². The third-order valence-electron chi connectivity index (χ3n) is 3.99. The van der Waals surface area contributed by atoms with Gasteiger partial charge in [-0.05, 0) is 31.1 Å². The number of alkyl halides is 2. The van der Waals surface area contributed by atoms with Gasteiger partial charge >= 0.3 is 0 Å². The van der Waals surface area contributed by atoms with Crippen LogP contribution in [-0.4, -0.2) is 31.2 Å². The lowest BCUT2D eigenvalue weighted by atomic mass is 9.57. The monoisotopic (exact) mass is 247 g/mol. The van der Waals surface area contributed by atoms with E-state index < -0.39 is 6.43 Å². The van der Waals surface area contributed by atoms with E-state index in [1.54, 1.807) is 0 Å². The van der Waals surface area contributed by atoms with Crippen LogP contribution in [0, 0.1) is 5.41 Å². The molecule has 17 heavy (non-hydrogen) atoms. The molecule has 0 radical (unpaired) electrons. The van der Waals surface area contributed by atoms with Crippen LogP contribution < -0.4 is 5.32 Å². The smallest absolute Gasteiger partial charge is 0.238 e. The Bertz CT molecular complexity index is 260. The quantitative estimate of drug-likeness (QED) is 0.824. The van der Waals surface area contributed by atoms with E-state index in [9.17, 15) is 8.78 Å². The molecule has 1 saturated heterocycles. The largest absolute Gasteiger partial charge is 0.372 e. The number of morpholine rings is 1. The maximum atomic E-state index is 12.1. The van der Waals surface area contributed by atoms with Crippen molar-refractivity contribution in [1.29, 1.82) is 0 Å². The molecule has 1 heterocycles. The standard InChI is InChI=1S/C13H23F2NO/c1-12(2)8-13(9-12)10(16-6-7-17-13)4-3-5-11(14)15/h10-11,16H,3-9H2,1-2H3. The molecule has 1 aliphatic heterocycles. The highest BCUT2D eigenvalue weighted by molar-refractivity contribution is 5.09. The van der Waals surface area contributed by atoms with Crippen molar-refractivity contribution in [2.24, 2.45) is 5.41 Å². The van der Waals surface area contributed by atoms with E-state index in [1.165, 1.54) is 0 Å². The van der Waals surface area contributed by atoms with Crippen LogP contribution in [0.5, 0.6) is 0 Å². The number of halogens is 2. The first-order chi connectivity index (χ1) is 7.94. The second-order valence-corrected chi connectivity index (χ2v) is 6.26. The number of hydrogen-bond acceptors (Lipinski definition) is 2. The summed E-state index contributed by atoms with van der Waals surface area (Å²) < 4.78 is 30.3. The lowest BCUT2D eigenvalue weighted by molar-refractivity contribution is -0.195. The molecule has 0 aromatic carbocycles. The Labute approximate surface area is 102 Å². The van der Waals surface area contributed by atoms with Gasteiger partial charge in [0, 0.05) is 19.0 Å². The molecule has 0 aromatic heterocycles. The first-order valence-electron chi connectivity index (χ1n) is 6.59. The Morgan fingerprint density at radius 3 is 2.65 bits per heavy atom. The summed E-state index contributed by atoms with van der Waals surface area (Å²) in [4.78, 5) is 0. The summed E-state index contributed by atoms with van der Waals surface area (Å²) in [6.45, 7) is 6.09. The van der Waals surface area contributed by atoms with Crippen LogP contribution in [-0.2, 0) is 4.74 Å². The molecule has 100 valence electrons. The second-order valence-electron chi connectivity index (χ2n) is 6.26. The van der Waals surface area contributed by atoms with Crippen molar-refractivity contribution in [3.8, 4) is 0 Å². The predicted octanol–water partition coefficient (Wildman–Crippen LogP) is 2.97. The normalized spacial score (nSPS) is 30.5. The fraction of sp³-hybridized carbons (Fsp3) is 1.00. The van der Waals surface area contributed by atoms with Crippen molar-refractivity contribution in [2.75, 3.05) is 13.2 Å². The molecule has 2 fully saturated rings. The molecule has 0 bridgehead atoms. The van der Waals surface area contributed by atoms with Gasteiger partial charge in [-0.2, -0.15) is 0 Å². The van der Waals surface area contributed by atoms with Crippen LogP contribution in [0.25, 0.3) is 0 Å². The predicted molar refractivity (Wildman–Crippen MR) is 63.3 cm³/mol. The van der Waals surface area contributed by atoms with Crippen molar-refractivity contribution < 1.29 is 13.5 Å². The molecule has 1 unspecified atom stereocenters. The Kier molecular flexibility index (Phi) is 3.74. The van der Waals surface area contributed by atoms with E-state index in [1.807, 2.05) is 0 Å². The maximum absolute atomic E-state index is 12.1. The van der Waals surface area contributed by atoms with Gasteiger partial charge in [0.25, 0.3) is 0 Å². The third kappa shape index (κ3) is 2.97. The molecule has 4 heteroatoms. The van der Waals surface area contributed by atoms with Gasteiger partial charge in [-0.1, -0.05) is 13.8 Å². The van der Waals surface area contributed by atoms with Crippen LogP contribution in [0.2, 0.25) is 0 Å². The molecule has 2 rings (SSSR count). The van der Waals surface area contributed by atoms with Crippen molar-refractivity contribution in [1.82, 2.24) is 5.32 Å². The summed E-state index contributed by atoms with van der Waals surface area (Å²) in [7, 11) is 0. The molecule has 1 atom stereocenters. The van der Waals surface area contributed by atoms with Crippen molar-refractivity contribution in [2.45, 2.75) is 64.0 Å². The highest BCUT2D eigenvalue weighted by Gasteiger charge is 2.55. The molecule has 0 aromatic rings. The molecule has 1 aliphatic carbocycles. The summed E-state index contributed by atoms with van der Waals surface area (Å²) >= 11 is 0. The molecular formula is C13H23F2NO. The topological polar surface area (TPSA) is 21.3 Å². The van der Waals surface area contributed by atoms with E-state index in [4.69, 9.17) is 4.74 Å². The molecule has 2 aliphatic rings. The van der Waals surface area contributed by atoms with E-state index in [2.05, 4.69) is 19.2 Å². The molecule has 1 spiro atoms. The third-order valence-corrected chi connectivity index (χ3v) is 3.99. The highest BCUT2D eigenvalue weighted by Crippen LogP contribution is 2.53. The fourth-order valence-corrected chi connectivity index (χ4v) is 3.53. The zero-order chi connectivity index (χ0) is 12.5. The minimum absolute atomic E-state index is 0.0116. The minimum atomic E-state index is -2.17. The first-order valence-corrected chi connectivity index (χ1v) is 6.59. The van der Waals surface area contributed by atoms with Crippen LogP contribution >= 0.6 is 0 Å². The molecule has 1 saturated carbocycles. The molecule has 2 nitrogen and oxygen atoms in total. The number of ether oxygens (including phenoxy) is 1. The number of hydrogen-bond donors (Lipinski definition) is 1. The number of rotatable bonds is 4. The summed E-state index contributed by atoms with van der Waals surface area (Å²) in [5, 5.41) is 3.45. The van der Waals surface area contributed by atoms with Crippen LogP contribution in [0.15, 0.2) is 0 Å². The lowest BCUT2D eigenvalue weighted by Gasteiger charge is -2.58. The van der Waals surface area contributed by atoms with Crippen molar-refractivity contribution >= 4 is 0 Å². The second kappa shape index (κ2) is 4.81. The highest BCUT2D eigenvalue weighted by atomic mass is 19.3. The SMILES string of the molecule is CC1(C)CC2(C1)OCCNC2CCCC(F)F. The van der Waals surface area contributed by atoms with Crippen molar-refractivity contribution in [3.05, 3.63) is 0 Å². The van der Waals surface area contributed by atoms with Gasteiger partial charge in [0.05, 0.1) is 12.2 Å². The molecule has 0 amide bonds. The van der Waals surface area contributed by atoms with E-state index >= 15 is 0 Å². The van der Waals surface area contributed by atoms with Gasteiger partial charge < -0.3 is 10.1 Å². The Morgan fingerprint density at radius 1 is 1.35 bits per heavy atom. The minimum Gasteiger partial charge on any atom is -0.372 e. The Morgan fingerprint density at radius 2 is 2.06 bits per heavy atom. The van der Waals surface area contributed by atoms with Gasteiger partial charge in [-0.15, -0.1) is 0 Å². The van der Waals surface area contributed by atoms with E-state index in [-0.39, 0.29) is 18.1 Å². The van der Waals surface area contributed by atoms with Crippen LogP contribution in [0.3, 0.4) is 0 Å². The zero-order valence-electron chi connectivity index (χ0n) is 10.8. The summed E-state index contributed by atoms with van der Waals surface area (Å²) in [5.41, 5.74) is 0.282. The Balaban J connectivity index is 1.86. The maximum Gasteiger partial charge on any atom is 0.238 e. The van der Waals surface area contributed by atoms with Gasteiger partial charge in [-0.3, -0.25) is 0 Å². The zero-order valence-corrected chi connectivity index (χ0v) is 10.8. The molecular weight excluding hydrogens is 224 g/mol. The molecule has 1 N–H and O–H groups in total. The van der Waals surface area contributed by atoms with Gasteiger partial charge in [0.2, 0.25) is 6.43 Å². The lowest BCUT2D eigenvalue weighted by Crippen LogP contribution is -2.66. The van der Waals surface area contributed by atoms with Gasteiger partial charge in [0.15, 0.2) is 0 Å². The number of nitrogens with one attached hydrogen (secondary N) is 1. The van der Waals surface area contributed by atoms with Gasteiger partial charge in [-0.25, -0.2) is 8.78 Å². The summed E-state index contributed by atoms with van der Waals surface area (Å²) in [6.07, 6.45) is 1.32.